The maximum atomic E-state index is 6.38. The summed E-state index contributed by atoms with van der Waals surface area (Å²) in [5, 5.41) is 12.8. The fourth-order valence-electron chi connectivity index (χ4n) is 3.71. The average molecular weight is 433 g/mol. The summed E-state index contributed by atoms with van der Waals surface area (Å²) in [6.45, 7) is 4.50. The zero-order chi connectivity index (χ0) is 18.3. The highest BCUT2D eigenvalue weighted by atomic mass is 79.9. The van der Waals surface area contributed by atoms with E-state index in [0.29, 0.717) is 28.6 Å². The number of allylic oxidation sites excluding steroid dienone is 2. The van der Waals surface area contributed by atoms with Gasteiger partial charge in [0.15, 0.2) is 11.9 Å². The van der Waals surface area contributed by atoms with Gasteiger partial charge in [0.25, 0.3) is 0 Å². The molecule has 0 unspecified atom stereocenters. The van der Waals surface area contributed by atoms with E-state index in [4.69, 9.17) is 4.74 Å². The third kappa shape index (κ3) is 3.34. The summed E-state index contributed by atoms with van der Waals surface area (Å²) < 4.78 is 7.37. The number of hydrogen-bond acceptors (Lipinski definition) is 6. The van der Waals surface area contributed by atoms with Gasteiger partial charge in [-0.1, -0.05) is 46.3 Å². The number of fused-ring (bicyclic) bond motifs is 3. The number of benzene rings is 1. The lowest BCUT2D eigenvalue weighted by Crippen LogP contribution is -2.39. The molecular formula is C19H21BrN4OS. The van der Waals surface area contributed by atoms with Gasteiger partial charge >= 0.3 is 0 Å². The Hall–Kier alpha value is -1.60. The normalized spacial score (nSPS) is 24.5. The van der Waals surface area contributed by atoms with E-state index in [9.17, 15) is 0 Å². The van der Waals surface area contributed by atoms with Crippen LogP contribution < -0.4 is 10.1 Å². The molecule has 0 radical (unpaired) electrons. The smallest absolute Gasteiger partial charge is 0.247 e. The predicted molar refractivity (Wildman–Crippen MR) is 108 cm³/mol. The highest BCUT2D eigenvalue weighted by molar-refractivity contribution is 9.10. The van der Waals surface area contributed by atoms with Crippen LogP contribution in [-0.2, 0) is 0 Å². The van der Waals surface area contributed by atoms with Crippen LogP contribution in [0.4, 0.5) is 5.69 Å². The Labute approximate surface area is 166 Å². The molecule has 0 bridgehead atoms. The van der Waals surface area contributed by atoms with E-state index in [1.165, 1.54) is 17.3 Å². The zero-order valence-corrected chi connectivity index (χ0v) is 17.4. The lowest BCUT2D eigenvalue weighted by Gasteiger charge is -2.34. The number of hydrogen-bond donors (Lipinski definition) is 1. The maximum absolute atomic E-state index is 6.38. The Balaban J connectivity index is 1.79. The summed E-state index contributed by atoms with van der Waals surface area (Å²) in [6, 6.07) is 6.12. The van der Waals surface area contributed by atoms with Crippen LogP contribution in [0.25, 0.3) is 11.3 Å². The van der Waals surface area contributed by atoms with Crippen molar-refractivity contribution in [2.45, 2.75) is 38.1 Å². The molecule has 2 aromatic rings. The Kier molecular flexibility index (Phi) is 4.92. The Morgan fingerprint density at radius 2 is 2.15 bits per heavy atom. The number of nitrogens with zero attached hydrogens (tertiary/aromatic N) is 3. The van der Waals surface area contributed by atoms with E-state index in [1.807, 2.05) is 18.4 Å². The fraction of sp³-hybridized carbons (Fsp3) is 0.421. The monoisotopic (exact) mass is 432 g/mol. The molecule has 1 aliphatic carbocycles. The van der Waals surface area contributed by atoms with Gasteiger partial charge in [-0.05, 0) is 50.1 Å². The van der Waals surface area contributed by atoms with Crippen LogP contribution in [0.15, 0.2) is 39.5 Å². The number of thioether (sulfide) groups is 1. The van der Waals surface area contributed by atoms with E-state index in [0.717, 1.165) is 28.6 Å². The second-order valence-corrected chi connectivity index (χ2v) is 8.65. The number of anilines is 1. The topological polar surface area (TPSA) is 59.9 Å². The van der Waals surface area contributed by atoms with Gasteiger partial charge in [-0.25, -0.2) is 0 Å². The highest BCUT2D eigenvalue weighted by Crippen LogP contribution is 2.41. The molecule has 26 heavy (non-hydrogen) atoms. The maximum Gasteiger partial charge on any atom is 0.247 e. The van der Waals surface area contributed by atoms with Gasteiger partial charge in [0.05, 0.1) is 0 Å². The van der Waals surface area contributed by atoms with Crippen molar-refractivity contribution in [3.05, 3.63) is 34.3 Å². The Morgan fingerprint density at radius 1 is 1.31 bits per heavy atom. The molecule has 1 aliphatic heterocycles. The molecule has 4 rings (SSSR count). The van der Waals surface area contributed by atoms with E-state index < -0.39 is 0 Å². The molecule has 2 heterocycles. The van der Waals surface area contributed by atoms with Crippen molar-refractivity contribution in [3.8, 4) is 17.1 Å². The quantitative estimate of drug-likeness (QED) is 0.523. The van der Waals surface area contributed by atoms with Gasteiger partial charge in [-0.2, -0.15) is 4.98 Å². The first-order valence-electron chi connectivity index (χ1n) is 8.72. The van der Waals surface area contributed by atoms with Crippen molar-refractivity contribution in [1.82, 2.24) is 15.2 Å². The van der Waals surface area contributed by atoms with Crippen LogP contribution in [-0.4, -0.2) is 27.7 Å². The summed E-state index contributed by atoms with van der Waals surface area (Å²) >= 11 is 5.02. The lowest BCUT2D eigenvalue weighted by atomic mass is 9.80. The van der Waals surface area contributed by atoms with Crippen molar-refractivity contribution in [3.63, 3.8) is 0 Å². The first-order chi connectivity index (χ1) is 12.5. The van der Waals surface area contributed by atoms with Crippen LogP contribution in [0.1, 0.15) is 26.7 Å². The van der Waals surface area contributed by atoms with Gasteiger partial charge in [-0.15, -0.1) is 10.2 Å². The molecule has 7 heteroatoms. The summed E-state index contributed by atoms with van der Waals surface area (Å²) in [5.41, 5.74) is 4.10. The number of aromatic nitrogens is 3. The van der Waals surface area contributed by atoms with Crippen LogP contribution in [0, 0.1) is 11.8 Å². The second-order valence-electron chi connectivity index (χ2n) is 6.96. The molecule has 0 fully saturated rings. The van der Waals surface area contributed by atoms with Gasteiger partial charge in [0.1, 0.15) is 0 Å². The second kappa shape index (κ2) is 7.19. The predicted octanol–water partition coefficient (Wildman–Crippen LogP) is 5.15. The molecule has 3 atom stereocenters. The summed E-state index contributed by atoms with van der Waals surface area (Å²) in [4.78, 5) is 4.60. The van der Waals surface area contributed by atoms with E-state index in [2.05, 4.69) is 62.4 Å². The summed E-state index contributed by atoms with van der Waals surface area (Å²) in [5.74, 6) is 1.46. The van der Waals surface area contributed by atoms with Crippen molar-refractivity contribution in [2.75, 3.05) is 11.6 Å². The largest absolute Gasteiger partial charge is 0.452 e. The highest BCUT2D eigenvalue weighted by Gasteiger charge is 2.34. The molecule has 1 aromatic heterocycles. The third-order valence-corrected chi connectivity index (χ3v) is 6.12. The third-order valence-electron chi connectivity index (χ3n) is 5.09. The molecular weight excluding hydrogens is 412 g/mol. The van der Waals surface area contributed by atoms with Crippen LogP contribution >= 0.6 is 27.7 Å². The van der Waals surface area contributed by atoms with Gasteiger partial charge < -0.3 is 10.1 Å². The summed E-state index contributed by atoms with van der Waals surface area (Å²) in [7, 11) is 0. The summed E-state index contributed by atoms with van der Waals surface area (Å²) in [6.07, 6.45) is 6.22. The molecule has 0 spiro atoms. The van der Waals surface area contributed by atoms with Crippen molar-refractivity contribution >= 4 is 33.4 Å². The van der Waals surface area contributed by atoms with Crippen molar-refractivity contribution in [2.24, 2.45) is 11.8 Å². The van der Waals surface area contributed by atoms with Crippen LogP contribution in [0.3, 0.4) is 0 Å². The molecule has 2 aliphatic rings. The van der Waals surface area contributed by atoms with E-state index >= 15 is 0 Å². The first kappa shape index (κ1) is 17.8. The molecule has 0 saturated carbocycles. The van der Waals surface area contributed by atoms with Gasteiger partial charge in [0, 0.05) is 21.6 Å². The van der Waals surface area contributed by atoms with Crippen molar-refractivity contribution in [1.29, 1.82) is 0 Å². The van der Waals surface area contributed by atoms with E-state index in [-0.39, 0.29) is 6.23 Å². The average Bonchev–Trinajstić information content (AvgIpc) is 2.77. The molecule has 5 nitrogen and oxygen atoms in total. The Bertz CT molecular complexity index is 873. The SMILES string of the molecule is CSc1nnc2c(n1)O[C@H]([C@H]1CC=C(C)C[C@@H]1C)Nc1ccc(Br)cc1-2. The zero-order valence-electron chi connectivity index (χ0n) is 15.0. The Morgan fingerprint density at radius 3 is 2.92 bits per heavy atom. The molecule has 1 aromatic carbocycles. The standard InChI is InChI=1S/C19H21BrN4OS/c1-10-4-6-13(11(2)8-10)17-21-15-7-5-12(20)9-14(15)16-18(25-17)22-19(26-3)24-23-16/h4-5,7,9,11,13,17,21H,6,8H2,1-3H3/t11-,13-,17+/m0/s1. The van der Waals surface area contributed by atoms with E-state index in [1.54, 1.807) is 0 Å². The number of nitrogens with one attached hydrogen (secondary N) is 1. The number of ether oxygens (including phenoxy) is 1. The lowest BCUT2D eigenvalue weighted by molar-refractivity contribution is 0.114. The molecule has 0 amide bonds. The van der Waals surface area contributed by atoms with Crippen LogP contribution in [0.5, 0.6) is 5.88 Å². The number of halogens is 1. The minimum Gasteiger partial charge on any atom is -0.452 e. The molecule has 1 N–H and O–H groups in total. The van der Waals surface area contributed by atoms with Gasteiger partial charge in [-0.3, -0.25) is 0 Å². The van der Waals surface area contributed by atoms with Crippen molar-refractivity contribution < 1.29 is 4.74 Å². The minimum atomic E-state index is -0.151. The molecule has 0 saturated heterocycles. The minimum absolute atomic E-state index is 0.151. The van der Waals surface area contributed by atoms with Gasteiger partial charge in [0.2, 0.25) is 11.0 Å². The first-order valence-corrected chi connectivity index (χ1v) is 10.7. The van der Waals surface area contributed by atoms with Crippen LogP contribution in [0.2, 0.25) is 0 Å². The molecule has 136 valence electrons. The fourth-order valence-corrected chi connectivity index (χ4v) is 4.36. The number of rotatable bonds is 2.